The lowest BCUT2D eigenvalue weighted by atomic mass is 10.1. The molecule has 1 N–H and O–H groups in total. The van der Waals surface area contributed by atoms with Gasteiger partial charge in [-0.3, -0.25) is 0 Å². The number of carboxylic acid groups (broad SMARTS) is 1. The molecule has 1 heterocycles. The number of halogens is 3. The Morgan fingerprint density at radius 3 is 2.52 bits per heavy atom. The minimum Gasteiger partial charge on any atom is -0.489 e. The number of carbonyl (C=O) groups is 1. The fraction of sp³-hybridized carbons (Fsp3) is 0.250. The van der Waals surface area contributed by atoms with Gasteiger partial charge in [0.05, 0.1) is 0 Å². The van der Waals surface area contributed by atoms with Crippen LogP contribution in [0.5, 0.6) is 11.5 Å². The number of hydrogen-bond donors (Lipinski definition) is 1. The zero-order chi connectivity index (χ0) is 22.7. The number of aromatic nitrogens is 3. The lowest BCUT2D eigenvalue weighted by Crippen LogP contribution is -2.25. The molecule has 8 nitrogen and oxygen atoms in total. The number of carboxylic acids is 1. The molecule has 1 aromatic heterocycles. The molecule has 2 aromatic carbocycles. The highest BCUT2D eigenvalue weighted by molar-refractivity contribution is 5.68. The average Bonchev–Trinajstić information content (AvgIpc) is 2.99. The predicted octanol–water partition coefficient (Wildman–Crippen LogP) is 3.23. The van der Waals surface area contributed by atoms with Crippen LogP contribution in [0, 0.1) is 19.7 Å². The molecule has 0 unspecified atom stereocenters. The van der Waals surface area contributed by atoms with E-state index in [2.05, 4.69) is 5.10 Å². The Bertz CT molecular complexity index is 1170. The normalized spacial score (nSPS) is 11.0. The molecule has 0 aliphatic carbocycles. The average molecular weight is 437 g/mol. The number of aryl methyl sites for hydroxylation is 2. The molecule has 3 aromatic rings. The van der Waals surface area contributed by atoms with Crippen LogP contribution < -0.4 is 15.2 Å². The van der Waals surface area contributed by atoms with E-state index < -0.39 is 30.6 Å². The molecule has 0 aliphatic rings. The van der Waals surface area contributed by atoms with Crippen LogP contribution in [-0.4, -0.2) is 32.0 Å². The van der Waals surface area contributed by atoms with Gasteiger partial charge in [0.1, 0.15) is 29.6 Å². The van der Waals surface area contributed by atoms with Crippen molar-refractivity contribution in [1.29, 1.82) is 0 Å². The van der Waals surface area contributed by atoms with E-state index in [0.717, 1.165) is 11.6 Å². The lowest BCUT2D eigenvalue weighted by molar-refractivity contribution is -0.139. The second kappa shape index (κ2) is 8.94. The van der Waals surface area contributed by atoms with Crippen LogP contribution in [0.15, 0.2) is 41.2 Å². The van der Waals surface area contributed by atoms with Crippen LogP contribution in [0.3, 0.4) is 0 Å². The molecule has 0 saturated heterocycles. The van der Waals surface area contributed by atoms with E-state index in [4.69, 9.17) is 14.6 Å². The van der Waals surface area contributed by atoms with Crippen molar-refractivity contribution >= 4 is 5.97 Å². The summed E-state index contributed by atoms with van der Waals surface area (Å²) in [5.41, 5.74) is -0.0806. The second-order valence-corrected chi connectivity index (χ2v) is 6.58. The van der Waals surface area contributed by atoms with Crippen molar-refractivity contribution in [2.24, 2.45) is 0 Å². The van der Waals surface area contributed by atoms with Crippen LogP contribution >= 0.6 is 0 Å². The van der Waals surface area contributed by atoms with E-state index in [0.29, 0.717) is 16.0 Å². The van der Waals surface area contributed by atoms with Crippen LogP contribution in [0.1, 0.15) is 23.5 Å². The van der Waals surface area contributed by atoms with Crippen molar-refractivity contribution in [3.05, 3.63) is 69.7 Å². The predicted molar refractivity (Wildman–Crippen MR) is 102 cm³/mol. The molecule has 0 bridgehead atoms. The highest BCUT2D eigenvalue weighted by Crippen LogP contribution is 2.24. The lowest BCUT2D eigenvalue weighted by Gasteiger charge is -2.13. The Hall–Kier alpha value is -3.76. The fourth-order valence-corrected chi connectivity index (χ4v) is 2.82. The molecule has 31 heavy (non-hydrogen) atoms. The Morgan fingerprint density at radius 1 is 1.16 bits per heavy atom. The largest absolute Gasteiger partial charge is 0.489 e. The number of rotatable bonds is 8. The van der Waals surface area contributed by atoms with E-state index in [1.807, 2.05) is 6.92 Å². The molecule has 164 valence electrons. The number of ether oxygens (including phenoxy) is 2. The van der Waals surface area contributed by atoms with Crippen molar-refractivity contribution in [1.82, 2.24) is 14.3 Å². The van der Waals surface area contributed by atoms with Crippen molar-refractivity contribution in [3.63, 3.8) is 0 Å². The van der Waals surface area contributed by atoms with E-state index in [9.17, 15) is 22.8 Å². The summed E-state index contributed by atoms with van der Waals surface area (Å²) in [6.07, 6.45) is 0. The quantitative estimate of drug-likeness (QED) is 0.582. The summed E-state index contributed by atoms with van der Waals surface area (Å²) in [5.74, 6) is -1.87. The maximum Gasteiger partial charge on any atom is 0.355 e. The van der Waals surface area contributed by atoms with Gasteiger partial charge in [-0.15, -0.1) is 5.10 Å². The fourth-order valence-electron chi connectivity index (χ4n) is 2.82. The summed E-state index contributed by atoms with van der Waals surface area (Å²) in [6, 6.07) is 8.66. The Morgan fingerprint density at radius 2 is 1.90 bits per heavy atom. The molecule has 11 heteroatoms. The summed E-state index contributed by atoms with van der Waals surface area (Å²) in [6.45, 7) is -0.651. The number of nitrogens with zero attached hydrogens (tertiary/aromatic N) is 3. The van der Waals surface area contributed by atoms with E-state index in [-0.39, 0.29) is 28.4 Å². The first-order valence-electron chi connectivity index (χ1n) is 9.00. The molecule has 0 amide bonds. The molecular weight excluding hydrogens is 419 g/mol. The van der Waals surface area contributed by atoms with Gasteiger partial charge in [-0.1, -0.05) is 12.1 Å². The molecule has 0 atom stereocenters. The minimum absolute atomic E-state index is 0.0485. The first-order valence-corrected chi connectivity index (χ1v) is 9.00. The number of benzene rings is 2. The Kier molecular flexibility index (Phi) is 6.33. The standard InChI is InChI=1S/C20H18F3N3O5/c1-11-3-4-13(17(7-11)31-10-18(27)28)9-30-14-5-6-16(15(21)8-14)26-20(29)25(19(22)23)12(2)24-26/h3-8,19H,9-10H2,1-2H3,(H,27,28). The van der Waals surface area contributed by atoms with Crippen molar-refractivity contribution in [3.8, 4) is 17.2 Å². The maximum atomic E-state index is 14.6. The molecule has 0 spiro atoms. The summed E-state index contributed by atoms with van der Waals surface area (Å²) in [7, 11) is 0. The van der Waals surface area contributed by atoms with Gasteiger partial charge in [-0.05, 0) is 37.6 Å². The molecule has 0 radical (unpaired) electrons. The van der Waals surface area contributed by atoms with Crippen molar-refractivity contribution in [2.45, 2.75) is 27.0 Å². The molecular formula is C20H18F3N3O5. The van der Waals surface area contributed by atoms with Crippen LogP contribution in [0.25, 0.3) is 5.69 Å². The zero-order valence-corrected chi connectivity index (χ0v) is 16.5. The van der Waals surface area contributed by atoms with E-state index in [1.54, 1.807) is 18.2 Å². The van der Waals surface area contributed by atoms with Crippen molar-refractivity contribution < 1.29 is 32.5 Å². The van der Waals surface area contributed by atoms with Gasteiger partial charge in [0.15, 0.2) is 12.4 Å². The molecule has 3 rings (SSSR count). The van der Waals surface area contributed by atoms with Gasteiger partial charge in [0.25, 0.3) is 0 Å². The van der Waals surface area contributed by atoms with Crippen LogP contribution in [-0.2, 0) is 11.4 Å². The third-order valence-electron chi connectivity index (χ3n) is 4.29. The van der Waals surface area contributed by atoms with Crippen LogP contribution in [0.4, 0.5) is 13.2 Å². The third kappa shape index (κ3) is 4.87. The van der Waals surface area contributed by atoms with Gasteiger partial charge in [-0.2, -0.15) is 13.5 Å². The number of aliphatic carboxylic acids is 1. The molecule has 0 fully saturated rings. The summed E-state index contributed by atoms with van der Waals surface area (Å²) in [4.78, 5) is 22.8. The number of alkyl halides is 2. The van der Waals surface area contributed by atoms with E-state index in [1.165, 1.54) is 19.1 Å². The Labute approximate surface area is 174 Å². The third-order valence-corrected chi connectivity index (χ3v) is 4.29. The van der Waals surface area contributed by atoms with Gasteiger partial charge in [-0.25, -0.2) is 18.5 Å². The summed E-state index contributed by atoms with van der Waals surface area (Å²) < 4.78 is 52.0. The second-order valence-electron chi connectivity index (χ2n) is 6.58. The minimum atomic E-state index is -3.10. The highest BCUT2D eigenvalue weighted by atomic mass is 19.3. The first-order chi connectivity index (χ1) is 14.7. The number of hydrogen-bond acceptors (Lipinski definition) is 5. The monoisotopic (exact) mass is 437 g/mol. The topological polar surface area (TPSA) is 95.6 Å². The highest BCUT2D eigenvalue weighted by Gasteiger charge is 2.20. The van der Waals surface area contributed by atoms with Gasteiger partial charge in [0.2, 0.25) is 0 Å². The zero-order valence-electron chi connectivity index (χ0n) is 16.5. The van der Waals surface area contributed by atoms with Gasteiger partial charge >= 0.3 is 18.2 Å². The van der Waals surface area contributed by atoms with E-state index >= 15 is 0 Å². The molecule has 0 aliphatic heterocycles. The van der Waals surface area contributed by atoms with Gasteiger partial charge in [0, 0.05) is 11.6 Å². The Balaban J connectivity index is 1.80. The maximum absolute atomic E-state index is 14.6. The smallest absolute Gasteiger partial charge is 0.355 e. The summed E-state index contributed by atoms with van der Waals surface area (Å²) >= 11 is 0. The van der Waals surface area contributed by atoms with Crippen LogP contribution in [0.2, 0.25) is 0 Å². The SMILES string of the molecule is Cc1ccc(COc2ccc(-n3nc(C)n(C(F)F)c3=O)c(F)c2)c(OCC(=O)O)c1. The molecule has 0 saturated carbocycles. The first kappa shape index (κ1) is 21.9. The van der Waals surface area contributed by atoms with Gasteiger partial charge < -0.3 is 14.6 Å². The summed E-state index contributed by atoms with van der Waals surface area (Å²) in [5, 5.41) is 12.5. The van der Waals surface area contributed by atoms with Crippen molar-refractivity contribution in [2.75, 3.05) is 6.61 Å².